The average molecular weight is 542 g/mol. The van der Waals surface area contributed by atoms with Crippen molar-refractivity contribution in [2.75, 3.05) is 42.6 Å². The van der Waals surface area contributed by atoms with Crippen LogP contribution in [0.1, 0.15) is 53.3 Å². The Balaban J connectivity index is 1.35. The second-order valence-corrected chi connectivity index (χ2v) is 10.3. The molecule has 2 fully saturated rings. The number of hydrogen-bond acceptors (Lipinski definition) is 6. The lowest BCUT2D eigenvalue weighted by atomic mass is 9.92. The van der Waals surface area contributed by atoms with Crippen LogP contribution in [0.15, 0.2) is 36.4 Å². The molecule has 3 aliphatic rings. The fourth-order valence-electron chi connectivity index (χ4n) is 5.68. The van der Waals surface area contributed by atoms with Crippen molar-refractivity contribution in [3.8, 4) is 0 Å². The van der Waals surface area contributed by atoms with Crippen molar-refractivity contribution >= 4 is 46.7 Å². The Morgan fingerprint density at radius 2 is 1.79 bits per heavy atom. The second-order valence-electron chi connectivity index (χ2n) is 9.90. The van der Waals surface area contributed by atoms with Gasteiger partial charge in [-0.1, -0.05) is 17.7 Å². The molecule has 3 heterocycles. The number of carbonyl (C=O) groups excluding carboxylic acids is 4. The van der Waals surface area contributed by atoms with Gasteiger partial charge in [0.1, 0.15) is 5.82 Å². The largest absolute Gasteiger partial charge is 0.466 e. The fourth-order valence-corrected chi connectivity index (χ4v) is 5.85. The third-order valence-electron chi connectivity index (χ3n) is 7.52. The number of imide groups is 1. The maximum atomic E-state index is 13.7. The number of esters is 1. The molecule has 200 valence electrons. The van der Waals surface area contributed by atoms with Crippen molar-refractivity contribution in [3.05, 3.63) is 58.4 Å². The first-order chi connectivity index (χ1) is 18.3. The van der Waals surface area contributed by atoms with Gasteiger partial charge in [-0.2, -0.15) is 0 Å². The summed E-state index contributed by atoms with van der Waals surface area (Å²) in [5.41, 5.74) is 1.32. The van der Waals surface area contributed by atoms with E-state index < -0.39 is 17.6 Å². The minimum Gasteiger partial charge on any atom is -0.466 e. The molecule has 0 saturated carbocycles. The molecule has 0 bridgehead atoms. The van der Waals surface area contributed by atoms with E-state index in [4.69, 9.17) is 16.3 Å². The van der Waals surface area contributed by atoms with Gasteiger partial charge >= 0.3 is 5.97 Å². The van der Waals surface area contributed by atoms with Crippen LogP contribution in [-0.2, 0) is 14.3 Å². The van der Waals surface area contributed by atoms with Gasteiger partial charge in [-0.3, -0.25) is 19.2 Å². The number of amides is 3. The number of hydrogen-bond donors (Lipinski definition) is 0. The highest BCUT2D eigenvalue weighted by Gasteiger charge is 2.41. The Morgan fingerprint density at radius 3 is 2.55 bits per heavy atom. The van der Waals surface area contributed by atoms with E-state index >= 15 is 0 Å². The van der Waals surface area contributed by atoms with Crippen LogP contribution in [0.5, 0.6) is 0 Å². The average Bonchev–Trinajstić information content (AvgIpc) is 3.19. The van der Waals surface area contributed by atoms with Crippen LogP contribution in [-0.4, -0.2) is 61.4 Å². The van der Waals surface area contributed by atoms with Crippen molar-refractivity contribution in [1.29, 1.82) is 0 Å². The van der Waals surface area contributed by atoms with E-state index in [9.17, 15) is 23.6 Å². The number of fused-ring (bicyclic) bond motifs is 1. The molecular formula is C28H29ClFN3O5. The molecule has 5 rings (SSSR count). The van der Waals surface area contributed by atoms with E-state index in [2.05, 4.69) is 0 Å². The lowest BCUT2D eigenvalue weighted by molar-refractivity contribution is -0.152. The summed E-state index contributed by atoms with van der Waals surface area (Å²) >= 11 is 5.91. The summed E-state index contributed by atoms with van der Waals surface area (Å²) in [4.78, 5) is 57.2. The molecule has 0 radical (unpaired) electrons. The number of anilines is 2. The van der Waals surface area contributed by atoms with Gasteiger partial charge in [-0.25, -0.2) is 9.29 Å². The number of ether oxygens (including phenoxy) is 1. The number of benzene rings is 2. The molecular weight excluding hydrogens is 513 g/mol. The molecule has 2 aromatic rings. The zero-order valence-electron chi connectivity index (χ0n) is 21.1. The van der Waals surface area contributed by atoms with Gasteiger partial charge in [0.05, 0.1) is 46.0 Å². The molecule has 2 aromatic carbocycles. The van der Waals surface area contributed by atoms with Crippen LogP contribution in [0.4, 0.5) is 15.8 Å². The van der Waals surface area contributed by atoms with Crippen LogP contribution >= 0.6 is 11.6 Å². The van der Waals surface area contributed by atoms with Crippen LogP contribution in [0.2, 0.25) is 5.02 Å². The smallest absolute Gasteiger partial charge is 0.310 e. The van der Waals surface area contributed by atoms with Gasteiger partial charge in [0.25, 0.3) is 11.8 Å². The van der Waals surface area contributed by atoms with Crippen molar-refractivity contribution in [3.63, 3.8) is 0 Å². The van der Waals surface area contributed by atoms with E-state index in [-0.39, 0.29) is 45.5 Å². The van der Waals surface area contributed by atoms with E-state index in [1.807, 2.05) is 4.90 Å². The van der Waals surface area contributed by atoms with E-state index in [1.54, 1.807) is 30.0 Å². The third kappa shape index (κ3) is 4.75. The first kappa shape index (κ1) is 26.2. The molecule has 3 aliphatic heterocycles. The first-order valence-electron chi connectivity index (χ1n) is 13.0. The number of nitrogens with zero attached hydrogens (tertiary/aromatic N) is 3. The number of carbonyl (C=O) groups is 4. The predicted molar refractivity (Wildman–Crippen MR) is 140 cm³/mol. The zero-order chi connectivity index (χ0) is 27.0. The van der Waals surface area contributed by atoms with Gasteiger partial charge in [-0.15, -0.1) is 0 Å². The highest BCUT2D eigenvalue weighted by molar-refractivity contribution is 6.37. The fraction of sp³-hybridized carbons (Fsp3) is 0.429. The number of rotatable bonds is 5. The number of likely N-dealkylation sites (tertiary alicyclic amines) is 1. The molecule has 0 spiro atoms. The number of halogens is 2. The van der Waals surface area contributed by atoms with Crippen LogP contribution < -0.4 is 9.80 Å². The summed E-state index contributed by atoms with van der Waals surface area (Å²) in [6.07, 6.45) is 2.91. The monoisotopic (exact) mass is 541 g/mol. The van der Waals surface area contributed by atoms with Crippen molar-refractivity contribution < 1.29 is 28.3 Å². The molecule has 8 nitrogen and oxygen atoms in total. The Hall–Kier alpha value is -3.46. The minimum atomic E-state index is -0.640. The minimum absolute atomic E-state index is 0.00117. The third-order valence-corrected chi connectivity index (χ3v) is 7.81. The Morgan fingerprint density at radius 1 is 1.03 bits per heavy atom. The van der Waals surface area contributed by atoms with E-state index in [1.165, 1.54) is 12.1 Å². The number of piperidine rings is 2. The summed E-state index contributed by atoms with van der Waals surface area (Å²) < 4.78 is 18.9. The normalized spacial score (nSPS) is 21.5. The van der Waals surface area contributed by atoms with Crippen LogP contribution in [0.3, 0.4) is 0 Å². The second kappa shape index (κ2) is 10.7. The standard InChI is InChI=1S/C28H29ClFN3O5/c1-2-38-28(37)18-7-5-13-32(16-18)25(34)17-6-4-12-31(15-17)23-9-3-8-20-24(23)27(36)33(26(20)35)19-10-11-22(30)21(29)14-19/h3,8-11,14,17-18H,2,4-7,12-13,15-16H2,1H3/t17-,18-/m0/s1. The summed E-state index contributed by atoms with van der Waals surface area (Å²) in [6.45, 7) is 4.09. The Bertz CT molecular complexity index is 1300. The molecule has 2 saturated heterocycles. The zero-order valence-corrected chi connectivity index (χ0v) is 21.9. The molecule has 0 aromatic heterocycles. The van der Waals surface area contributed by atoms with Crippen molar-refractivity contribution in [1.82, 2.24) is 4.90 Å². The van der Waals surface area contributed by atoms with Gasteiger partial charge < -0.3 is 14.5 Å². The summed E-state index contributed by atoms with van der Waals surface area (Å²) in [5, 5.41) is -0.181. The summed E-state index contributed by atoms with van der Waals surface area (Å²) in [7, 11) is 0. The van der Waals surface area contributed by atoms with E-state index in [0.717, 1.165) is 23.8 Å². The van der Waals surface area contributed by atoms with Crippen molar-refractivity contribution in [2.24, 2.45) is 11.8 Å². The molecule has 3 amide bonds. The maximum absolute atomic E-state index is 13.7. The quantitative estimate of drug-likeness (QED) is 0.414. The maximum Gasteiger partial charge on any atom is 0.310 e. The molecule has 0 unspecified atom stereocenters. The summed E-state index contributed by atoms with van der Waals surface area (Å²) in [6, 6.07) is 8.84. The topological polar surface area (TPSA) is 87.2 Å². The molecule has 0 aliphatic carbocycles. The molecule has 10 heteroatoms. The highest BCUT2D eigenvalue weighted by Crippen LogP contribution is 2.37. The van der Waals surface area contributed by atoms with Gasteiger partial charge in [-0.05, 0) is 62.9 Å². The molecule has 0 N–H and O–H groups in total. The first-order valence-corrected chi connectivity index (χ1v) is 13.3. The van der Waals surface area contributed by atoms with Crippen LogP contribution in [0, 0.1) is 17.7 Å². The van der Waals surface area contributed by atoms with E-state index in [0.29, 0.717) is 51.3 Å². The lowest BCUT2D eigenvalue weighted by Gasteiger charge is -2.39. The predicted octanol–water partition coefficient (Wildman–Crippen LogP) is 4.30. The van der Waals surface area contributed by atoms with Crippen LogP contribution in [0.25, 0.3) is 0 Å². The Labute approximate surface area is 225 Å². The van der Waals surface area contributed by atoms with Gasteiger partial charge in [0, 0.05) is 26.2 Å². The molecule has 2 atom stereocenters. The lowest BCUT2D eigenvalue weighted by Crippen LogP contribution is -2.49. The van der Waals surface area contributed by atoms with Gasteiger partial charge in [0.2, 0.25) is 5.91 Å². The SMILES string of the molecule is CCOC(=O)[C@H]1CCCN(C(=O)[C@H]2CCCN(c3cccc4c3C(=O)N(c3ccc(F)c(Cl)c3)C4=O)C2)C1. The van der Waals surface area contributed by atoms with Crippen molar-refractivity contribution in [2.45, 2.75) is 32.6 Å². The molecule has 38 heavy (non-hydrogen) atoms. The summed E-state index contributed by atoms with van der Waals surface area (Å²) in [5.74, 6) is -2.51. The van der Waals surface area contributed by atoms with Gasteiger partial charge in [0.15, 0.2) is 0 Å². The highest BCUT2D eigenvalue weighted by atomic mass is 35.5. The Kier molecular flexibility index (Phi) is 7.38.